The molecule has 0 amide bonds. The molecule has 1 atom stereocenters. The zero-order valence-corrected chi connectivity index (χ0v) is 18.9. The first-order valence-electron chi connectivity index (χ1n) is 9.47. The van der Waals surface area contributed by atoms with Crippen molar-refractivity contribution in [1.82, 2.24) is 10.6 Å². The molecule has 2 rings (SSSR count). The third-order valence-electron chi connectivity index (χ3n) is 4.56. The van der Waals surface area contributed by atoms with Gasteiger partial charge in [-0.3, -0.25) is 15.1 Å². The summed E-state index contributed by atoms with van der Waals surface area (Å²) in [6.07, 6.45) is 2.82. The SMILES string of the molecule is CN=C(NCCCCc1ccc([N+](=O)[O-])cc1)NCC(CO)c1ccccc1.I. The van der Waals surface area contributed by atoms with Gasteiger partial charge in [0.1, 0.15) is 0 Å². The molecule has 1 unspecified atom stereocenters. The summed E-state index contributed by atoms with van der Waals surface area (Å²) in [5.41, 5.74) is 2.31. The lowest BCUT2D eigenvalue weighted by Crippen LogP contribution is -2.40. The number of rotatable bonds is 10. The lowest BCUT2D eigenvalue weighted by atomic mass is 10.0. The summed E-state index contributed by atoms with van der Waals surface area (Å²) in [4.78, 5) is 14.5. The van der Waals surface area contributed by atoms with E-state index in [1.54, 1.807) is 19.2 Å². The summed E-state index contributed by atoms with van der Waals surface area (Å²) >= 11 is 0. The highest BCUT2D eigenvalue weighted by Gasteiger charge is 2.10. The Kier molecular flexibility index (Phi) is 11.9. The number of aryl methyl sites for hydroxylation is 1. The van der Waals surface area contributed by atoms with Gasteiger partial charge >= 0.3 is 0 Å². The zero-order chi connectivity index (χ0) is 20.2. The Balaban J connectivity index is 0.00000420. The van der Waals surface area contributed by atoms with Crippen LogP contribution in [0.4, 0.5) is 5.69 Å². The van der Waals surface area contributed by atoms with Crippen LogP contribution in [0.1, 0.15) is 29.9 Å². The van der Waals surface area contributed by atoms with E-state index in [0.29, 0.717) is 12.5 Å². The van der Waals surface area contributed by atoms with Gasteiger partial charge < -0.3 is 15.7 Å². The van der Waals surface area contributed by atoms with Gasteiger partial charge in [-0.2, -0.15) is 0 Å². The van der Waals surface area contributed by atoms with Gasteiger partial charge in [0, 0.05) is 38.2 Å². The van der Waals surface area contributed by atoms with Crippen LogP contribution in [0, 0.1) is 10.1 Å². The Bertz CT molecular complexity index is 754. The van der Waals surface area contributed by atoms with Gasteiger partial charge in [0.15, 0.2) is 5.96 Å². The summed E-state index contributed by atoms with van der Waals surface area (Å²) in [7, 11) is 1.72. The molecule has 0 heterocycles. The van der Waals surface area contributed by atoms with Gasteiger partial charge in [0.25, 0.3) is 5.69 Å². The number of aliphatic imine (C=N–C) groups is 1. The number of unbranched alkanes of at least 4 members (excludes halogenated alkanes) is 1. The third kappa shape index (κ3) is 8.78. The lowest BCUT2D eigenvalue weighted by molar-refractivity contribution is -0.384. The van der Waals surface area contributed by atoms with Gasteiger partial charge in [0.2, 0.25) is 0 Å². The van der Waals surface area contributed by atoms with E-state index >= 15 is 0 Å². The van der Waals surface area contributed by atoms with E-state index in [1.807, 2.05) is 42.5 Å². The molecule has 0 saturated carbocycles. The normalized spacial score (nSPS) is 12.0. The lowest BCUT2D eigenvalue weighted by Gasteiger charge is -2.18. The standard InChI is InChI=1S/C21H28N4O3.HI/c1-22-21(24-15-19(16-26)18-8-3-2-4-9-18)23-14-6-5-7-17-10-12-20(13-11-17)25(27)28;/h2-4,8-13,19,26H,5-7,14-16H2,1H3,(H2,22,23,24);1H. The average molecular weight is 512 g/mol. The monoisotopic (exact) mass is 512 g/mol. The molecular formula is C21H29IN4O3. The number of hydrogen-bond donors (Lipinski definition) is 3. The maximum Gasteiger partial charge on any atom is 0.269 e. The molecule has 0 bridgehead atoms. The second kappa shape index (κ2) is 13.9. The molecule has 7 nitrogen and oxygen atoms in total. The maximum atomic E-state index is 10.7. The van der Waals surface area contributed by atoms with Crippen LogP contribution in [0.3, 0.4) is 0 Å². The maximum absolute atomic E-state index is 10.7. The molecule has 0 fully saturated rings. The van der Waals surface area contributed by atoms with Crippen molar-refractivity contribution in [2.45, 2.75) is 25.2 Å². The number of nitrogens with zero attached hydrogens (tertiary/aromatic N) is 2. The van der Waals surface area contributed by atoms with Crippen molar-refractivity contribution in [3.63, 3.8) is 0 Å². The van der Waals surface area contributed by atoms with Crippen LogP contribution < -0.4 is 10.6 Å². The number of aliphatic hydroxyl groups excluding tert-OH is 1. The van der Waals surface area contributed by atoms with E-state index < -0.39 is 0 Å². The molecule has 2 aromatic carbocycles. The van der Waals surface area contributed by atoms with Gasteiger partial charge in [-0.05, 0) is 30.4 Å². The number of nitrogens with one attached hydrogen (secondary N) is 2. The molecule has 0 radical (unpaired) electrons. The van der Waals surface area contributed by atoms with Crippen LogP contribution in [0.5, 0.6) is 0 Å². The molecule has 0 aliphatic heterocycles. The summed E-state index contributed by atoms with van der Waals surface area (Å²) < 4.78 is 0. The molecule has 0 aliphatic carbocycles. The van der Waals surface area contributed by atoms with E-state index in [4.69, 9.17) is 0 Å². The Morgan fingerprint density at radius 1 is 1.10 bits per heavy atom. The van der Waals surface area contributed by atoms with Gasteiger partial charge in [-0.15, -0.1) is 24.0 Å². The van der Waals surface area contributed by atoms with Crippen LogP contribution in [-0.4, -0.2) is 42.7 Å². The topological polar surface area (TPSA) is 99.8 Å². The summed E-state index contributed by atoms with van der Waals surface area (Å²) in [5, 5.41) is 26.8. The second-order valence-electron chi connectivity index (χ2n) is 6.55. The number of aliphatic hydroxyl groups is 1. The van der Waals surface area contributed by atoms with Crippen molar-refractivity contribution >= 4 is 35.6 Å². The number of guanidine groups is 1. The van der Waals surface area contributed by atoms with E-state index in [0.717, 1.165) is 36.9 Å². The summed E-state index contributed by atoms with van der Waals surface area (Å²) in [6.45, 7) is 1.45. The molecule has 3 N–H and O–H groups in total. The Labute approximate surface area is 188 Å². The van der Waals surface area contributed by atoms with Crippen LogP contribution in [0.15, 0.2) is 59.6 Å². The van der Waals surface area contributed by atoms with Crippen LogP contribution >= 0.6 is 24.0 Å². The fraction of sp³-hybridized carbons (Fsp3) is 0.381. The van der Waals surface area contributed by atoms with E-state index in [9.17, 15) is 15.2 Å². The largest absolute Gasteiger partial charge is 0.396 e. The molecule has 2 aromatic rings. The molecule has 0 spiro atoms. The molecule has 0 aromatic heterocycles. The summed E-state index contributed by atoms with van der Waals surface area (Å²) in [6, 6.07) is 16.6. The van der Waals surface area contributed by atoms with E-state index in [-0.39, 0.29) is 47.1 Å². The third-order valence-corrected chi connectivity index (χ3v) is 4.56. The highest BCUT2D eigenvalue weighted by Crippen LogP contribution is 2.14. The van der Waals surface area contributed by atoms with Crippen molar-refractivity contribution in [1.29, 1.82) is 0 Å². The van der Waals surface area contributed by atoms with Crippen molar-refractivity contribution in [2.75, 3.05) is 26.7 Å². The quantitative estimate of drug-likeness (QED) is 0.113. The average Bonchev–Trinajstić information content (AvgIpc) is 2.73. The van der Waals surface area contributed by atoms with E-state index in [2.05, 4.69) is 15.6 Å². The first kappa shape index (κ1) is 24.8. The fourth-order valence-electron chi connectivity index (χ4n) is 2.90. The first-order chi connectivity index (χ1) is 13.6. The van der Waals surface area contributed by atoms with Crippen molar-refractivity contribution < 1.29 is 10.0 Å². The molecular weight excluding hydrogens is 483 g/mol. The smallest absolute Gasteiger partial charge is 0.269 e. The van der Waals surface area contributed by atoms with E-state index in [1.165, 1.54) is 0 Å². The number of benzene rings is 2. The van der Waals surface area contributed by atoms with Crippen molar-refractivity contribution in [2.24, 2.45) is 4.99 Å². The van der Waals surface area contributed by atoms with Crippen molar-refractivity contribution in [3.8, 4) is 0 Å². The summed E-state index contributed by atoms with van der Waals surface area (Å²) in [5.74, 6) is 0.728. The highest BCUT2D eigenvalue weighted by molar-refractivity contribution is 14.0. The minimum Gasteiger partial charge on any atom is -0.396 e. The van der Waals surface area contributed by atoms with Gasteiger partial charge in [-0.25, -0.2) is 0 Å². The van der Waals surface area contributed by atoms with Crippen molar-refractivity contribution in [3.05, 3.63) is 75.8 Å². The molecule has 0 saturated heterocycles. The predicted octanol–water partition coefficient (Wildman–Crippen LogP) is 3.48. The van der Waals surface area contributed by atoms with Gasteiger partial charge in [-0.1, -0.05) is 42.5 Å². The number of non-ortho nitro benzene ring substituents is 1. The first-order valence-corrected chi connectivity index (χ1v) is 9.47. The Hall–Kier alpha value is -2.20. The van der Waals surface area contributed by atoms with Gasteiger partial charge in [0.05, 0.1) is 11.5 Å². The van der Waals surface area contributed by atoms with Crippen LogP contribution in [-0.2, 0) is 6.42 Å². The van der Waals surface area contributed by atoms with Crippen LogP contribution in [0.25, 0.3) is 0 Å². The molecule has 0 aliphatic rings. The molecule has 158 valence electrons. The highest BCUT2D eigenvalue weighted by atomic mass is 127. The fourth-order valence-corrected chi connectivity index (χ4v) is 2.90. The number of halogens is 1. The molecule has 29 heavy (non-hydrogen) atoms. The second-order valence-corrected chi connectivity index (χ2v) is 6.55. The Morgan fingerprint density at radius 3 is 2.38 bits per heavy atom. The van der Waals surface area contributed by atoms with Crippen LogP contribution in [0.2, 0.25) is 0 Å². The number of hydrogen-bond acceptors (Lipinski definition) is 4. The minimum atomic E-state index is -0.383. The predicted molar refractivity (Wildman–Crippen MR) is 127 cm³/mol. The molecule has 8 heteroatoms. The zero-order valence-electron chi connectivity index (χ0n) is 16.6. The number of nitro benzene ring substituents is 1. The Morgan fingerprint density at radius 2 is 1.79 bits per heavy atom. The minimum absolute atomic E-state index is 0. The number of nitro groups is 1.